The molecule has 1 unspecified atom stereocenters. The fourth-order valence-corrected chi connectivity index (χ4v) is 2.07. The molecule has 0 amide bonds. The van der Waals surface area contributed by atoms with Gasteiger partial charge in [0.1, 0.15) is 5.75 Å². The quantitative estimate of drug-likeness (QED) is 0.626. The van der Waals surface area contributed by atoms with E-state index in [9.17, 15) is 0 Å². The van der Waals surface area contributed by atoms with Crippen LogP contribution in [-0.2, 0) is 6.54 Å². The van der Waals surface area contributed by atoms with Crippen LogP contribution in [0.2, 0.25) is 0 Å². The molecule has 0 bridgehead atoms. The first kappa shape index (κ1) is 16.0. The molecule has 108 valence electrons. The van der Waals surface area contributed by atoms with E-state index in [-0.39, 0.29) is 0 Å². The molecule has 0 aliphatic carbocycles. The van der Waals surface area contributed by atoms with E-state index in [1.165, 1.54) is 31.2 Å². The monoisotopic (exact) mass is 263 g/mol. The predicted molar refractivity (Wildman–Crippen MR) is 82.7 cm³/mol. The van der Waals surface area contributed by atoms with Gasteiger partial charge in [-0.25, -0.2) is 0 Å². The molecule has 0 aromatic heterocycles. The molecule has 0 fully saturated rings. The van der Waals surface area contributed by atoms with Gasteiger partial charge in [0.05, 0.1) is 6.61 Å². The fourth-order valence-electron chi connectivity index (χ4n) is 2.07. The summed E-state index contributed by atoms with van der Waals surface area (Å²) in [7, 11) is 0. The van der Waals surface area contributed by atoms with Crippen molar-refractivity contribution in [2.75, 3.05) is 6.61 Å². The van der Waals surface area contributed by atoms with Crippen molar-refractivity contribution in [1.29, 1.82) is 0 Å². The number of hydrogen-bond acceptors (Lipinski definition) is 2. The third-order valence-electron chi connectivity index (χ3n) is 3.32. The van der Waals surface area contributed by atoms with Crippen LogP contribution in [0.3, 0.4) is 0 Å². The Morgan fingerprint density at radius 3 is 2.42 bits per heavy atom. The van der Waals surface area contributed by atoms with Gasteiger partial charge < -0.3 is 10.1 Å². The van der Waals surface area contributed by atoms with Crippen LogP contribution in [0.15, 0.2) is 24.3 Å². The van der Waals surface area contributed by atoms with Crippen molar-refractivity contribution in [3.8, 4) is 5.75 Å². The van der Waals surface area contributed by atoms with Crippen molar-refractivity contribution in [2.45, 2.75) is 65.5 Å². The minimum absolute atomic E-state index is 0.593. The van der Waals surface area contributed by atoms with Crippen molar-refractivity contribution in [1.82, 2.24) is 5.32 Å². The van der Waals surface area contributed by atoms with Crippen LogP contribution in [0.1, 0.15) is 58.4 Å². The normalized spacial score (nSPS) is 12.4. The third-order valence-corrected chi connectivity index (χ3v) is 3.32. The number of hydrogen-bond donors (Lipinski definition) is 1. The highest BCUT2D eigenvalue weighted by atomic mass is 16.5. The van der Waals surface area contributed by atoms with Crippen LogP contribution in [0, 0.1) is 0 Å². The topological polar surface area (TPSA) is 21.3 Å². The fraction of sp³-hybridized carbons (Fsp3) is 0.647. The summed E-state index contributed by atoms with van der Waals surface area (Å²) in [5.74, 6) is 0.987. The van der Waals surface area contributed by atoms with Crippen molar-refractivity contribution >= 4 is 0 Å². The minimum Gasteiger partial charge on any atom is -0.494 e. The molecule has 0 aliphatic heterocycles. The van der Waals surface area contributed by atoms with E-state index in [4.69, 9.17) is 4.74 Å². The van der Waals surface area contributed by atoms with Gasteiger partial charge in [0.2, 0.25) is 0 Å². The molecule has 1 aromatic rings. The first-order valence-corrected chi connectivity index (χ1v) is 7.71. The molecule has 2 heteroatoms. The van der Waals surface area contributed by atoms with Gasteiger partial charge in [-0.15, -0.1) is 0 Å². The van der Waals surface area contributed by atoms with Gasteiger partial charge in [0.15, 0.2) is 0 Å². The summed E-state index contributed by atoms with van der Waals surface area (Å²) >= 11 is 0. The molecular weight excluding hydrogens is 234 g/mol. The lowest BCUT2D eigenvalue weighted by Crippen LogP contribution is -2.24. The van der Waals surface area contributed by atoms with Gasteiger partial charge in [-0.3, -0.25) is 0 Å². The van der Waals surface area contributed by atoms with Crippen molar-refractivity contribution < 1.29 is 4.74 Å². The minimum atomic E-state index is 0.593. The van der Waals surface area contributed by atoms with E-state index in [0.29, 0.717) is 6.04 Å². The number of ether oxygens (including phenoxy) is 1. The summed E-state index contributed by atoms with van der Waals surface area (Å²) in [6.45, 7) is 8.45. The van der Waals surface area contributed by atoms with E-state index in [2.05, 4.69) is 50.4 Å². The van der Waals surface area contributed by atoms with Gasteiger partial charge in [0.25, 0.3) is 0 Å². The summed E-state index contributed by atoms with van der Waals surface area (Å²) in [5.41, 5.74) is 1.32. The van der Waals surface area contributed by atoms with Crippen LogP contribution in [0.25, 0.3) is 0 Å². The molecule has 19 heavy (non-hydrogen) atoms. The Morgan fingerprint density at radius 1 is 1.05 bits per heavy atom. The van der Waals surface area contributed by atoms with Crippen LogP contribution in [-0.4, -0.2) is 12.6 Å². The van der Waals surface area contributed by atoms with E-state index in [1.807, 2.05) is 0 Å². The maximum Gasteiger partial charge on any atom is 0.119 e. The van der Waals surface area contributed by atoms with Crippen LogP contribution in [0.5, 0.6) is 5.75 Å². The Balaban J connectivity index is 2.27. The molecule has 1 aromatic carbocycles. The molecule has 1 atom stereocenters. The Labute approximate surface area is 118 Å². The smallest absolute Gasteiger partial charge is 0.119 e. The zero-order chi connectivity index (χ0) is 13.9. The lowest BCUT2D eigenvalue weighted by molar-refractivity contribution is 0.306. The lowest BCUT2D eigenvalue weighted by Gasteiger charge is -2.13. The Bertz CT molecular complexity index is 321. The summed E-state index contributed by atoms with van der Waals surface area (Å²) < 4.78 is 5.71. The molecule has 0 saturated carbocycles. The second kappa shape index (κ2) is 9.85. The standard InChI is InChI=1S/C17H29NO/c1-4-6-7-13-19-17-11-9-16(10-12-17)14-18-15(3)8-5-2/h9-12,15,18H,4-8,13-14H2,1-3H3. The number of unbranched alkanes of at least 4 members (excludes halogenated alkanes) is 2. The first-order valence-electron chi connectivity index (χ1n) is 7.71. The Morgan fingerprint density at radius 2 is 1.79 bits per heavy atom. The number of benzene rings is 1. The first-order chi connectivity index (χ1) is 9.26. The average molecular weight is 263 g/mol. The molecule has 0 saturated heterocycles. The summed E-state index contributed by atoms with van der Waals surface area (Å²) in [6, 6.07) is 9.05. The SMILES string of the molecule is CCCCCOc1ccc(CNC(C)CCC)cc1. The van der Waals surface area contributed by atoms with Gasteiger partial charge >= 0.3 is 0 Å². The molecule has 0 heterocycles. The molecule has 1 rings (SSSR count). The van der Waals surface area contributed by atoms with E-state index < -0.39 is 0 Å². The van der Waals surface area contributed by atoms with E-state index in [0.717, 1.165) is 25.3 Å². The largest absolute Gasteiger partial charge is 0.494 e. The molecular formula is C17H29NO. The third kappa shape index (κ3) is 7.22. The Kier molecular flexibility index (Phi) is 8.31. The van der Waals surface area contributed by atoms with Crippen molar-refractivity contribution in [3.63, 3.8) is 0 Å². The van der Waals surface area contributed by atoms with Gasteiger partial charge in [-0.2, -0.15) is 0 Å². The summed E-state index contributed by atoms with van der Waals surface area (Å²) in [5, 5.41) is 3.54. The highest BCUT2D eigenvalue weighted by Crippen LogP contribution is 2.13. The molecule has 0 spiro atoms. The summed E-state index contributed by atoms with van der Waals surface area (Å²) in [6.07, 6.45) is 6.10. The van der Waals surface area contributed by atoms with Gasteiger partial charge in [-0.1, -0.05) is 45.2 Å². The zero-order valence-electron chi connectivity index (χ0n) is 12.7. The molecule has 0 radical (unpaired) electrons. The van der Waals surface area contributed by atoms with Crippen LogP contribution < -0.4 is 10.1 Å². The summed E-state index contributed by atoms with van der Waals surface area (Å²) in [4.78, 5) is 0. The lowest BCUT2D eigenvalue weighted by atomic mass is 10.1. The number of nitrogens with one attached hydrogen (secondary N) is 1. The molecule has 0 aliphatic rings. The van der Waals surface area contributed by atoms with E-state index in [1.54, 1.807) is 0 Å². The van der Waals surface area contributed by atoms with Gasteiger partial charge in [-0.05, 0) is 37.5 Å². The zero-order valence-corrected chi connectivity index (χ0v) is 12.7. The van der Waals surface area contributed by atoms with Crippen molar-refractivity contribution in [3.05, 3.63) is 29.8 Å². The predicted octanol–water partition coefficient (Wildman–Crippen LogP) is 4.53. The number of rotatable bonds is 10. The van der Waals surface area contributed by atoms with E-state index >= 15 is 0 Å². The maximum absolute atomic E-state index is 5.71. The van der Waals surface area contributed by atoms with Gasteiger partial charge in [0, 0.05) is 12.6 Å². The second-order valence-corrected chi connectivity index (χ2v) is 5.27. The average Bonchev–Trinajstić information content (AvgIpc) is 2.43. The van der Waals surface area contributed by atoms with Crippen molar-refractivity contribution in [2.24, 2.45) is 0 Å². The Hall–Kier alpha value is -1.02. The highest BCUT2D eigenvalue weighted by Gasteiger charge is 2.00. The van der Waals surface area contributed by atoms with Crippen LogP contribution in [0.4, 0.5) is 0 Å². The molecule has 1 N–H and O–H groups in total. The highest BCUT2D eigenvalue weighted by molar-refractivity contribution is 5.27. The molecule has 2 nitrogen and oxygen atoms in total. The maximum atomic E-state index is 5.71. The van der Waals surface area contributed by atoms with Crippen LogP contribution >= 0.6 is 0 Å². The second-order valence-electron chi connectivity index (χ2n) is 5.27.